The SMILES string of the molecule is CSc1c2c(c(O)c3c1OC(C)(C)O3)OC(C)(C)O2. The van der Waals surface area contributed by atoms with Gasteiger partial charge in [-0.15, -0.1) is 11.8 Å². The number of phenolic OH excluding ortho intramolecular Hbond substituents is 1. The lowest BCUT2D eigenvalue weighted by Gasteiger charge is -2.18. The smallest absolute Gasteiger partial charge is 0.246 e. The molecule has 0 saturated carbocycles. The molecule has 2 aliphatic rings. The molecule has 1 aromatic carbocycles. The summed E-state index contributed by atoms with van der Waals surface area (Å²) in [4.78, 5) is 0.777. The first-order valence-electron chi connectivity index (χ1n) is 5.97. The number of hydrogen-bond donors (Lipinski definition) is 1. The van der Waals surface area contributed by atoms with Crippen LogP contribution in [0.1, 0.15) is 27.7 Å². The Hall–Kier alpha value is -1.43. The number of hydrogen-bond acceptors (Lipinski definition) is 6. The monoisotopic (exact) mass is 284 g/mol. The minimum atomic E-state index is -0.811. The largest absolute Gasteiger partial charge is 0.501 e. The highest BCUT2D eigenvalue weighted by Crippen LogP contribution is 2.62. The van der Waals surface area contributed by atoms with Gasteiger partial charge in [0.15, 0.2) is 11.5 Å². The van der Waals surface area contributed by atoms with Crippen LogP contribution in [-0.2, 0) is 0 Å². The first-order valence-corrected chi connectivity index (χ1v) is 7.19. The average molecular weight is 284 g/mol. The summed E-state index contributed by atoms with van der Waals surface area (Å²) in [6.07, 6.45) is 1.91. The second kappa shape index (κ2) is 3.56. The molecule has 3 rings (SSSR count). The van der Waals surface area contributed by atoms with Gasteiger partial charge in [-0.3, -0.25) is 0 Å². The predicted octanol–water partition coefficient (Wildman–Crippen LogP) is 3.13. The van der Waals surface area contributed by atoms with Crippen molar-refractivity contribution in [1.29, 1.82) is 0 Å². The van der Waals surface area contributed by atoms with E-state index < -0.39 is 11.6 Å². The molecule has 104 valence electrons. The highest BCUT2D eigenvalue weighted by atomic mass is 32.2. The molecule has 0 amide bonds. The van der Waals surface area contributed by atoms with Crippen molar-refractivity contribution in [3.05, 3.63) is 0 Å². The minimum absolute atomic E-state index is 0.0704. The maximum Gasteiger partial charge on any atom is 0.246 e. The highest BCUT2D eigenvalue weighted by Gasteiger charge is 2.45. The molecule has 5 nitrogen and oxygen atoms in total. The third-order valence-corrected chi connectivity index (χ3v) is 3.63. The molecule has 19 heavy (non-hydrogen) atoms. The van der Waals surface area contributed by atoms with Crippen LogP contribution < -0.4 is 18.9 Å². The van der Waals surface area contributed by atoms with Crippen molar-refractivity contribution in [2.45, 2.75) is 44.2 Å². The Bertz CT molecular complexity index is 520. The Balaban J connectivity index is 2.22. The zero-order chi connectivity index (χ0) is 14.0. The van der Waals surface area contributed by atoms with Gasteiger partial charge in [-0.05, 0) is 6.26 Å². The second-order valence-electron chi connectivity index (χ2n) is 5.41. The fraction of sp³-hybridized carbons (Fsp3) is 0.538. The quantitative estimate of drug-likeness (QED) is 0.800. The van der Waals surface area contributed by atoms with Crippen LogP contribution in [-0.4, -0.2) is 22.9 Å². The van der Waals surface area contributed by atoms with Crippen LogP contribution in [0, 0.1) is 0 Å². The van der Waals surface area contributed by atoms with Crippen molar-refractivity contribution >= 4 is 11.8 Å². The van der Waals surface area contributed by atoms with Gasteiger partial charge in [0.05, 0.1) is 4.90 Å². The Labute approximate surface area is 115 Å². The summed E-state index contributed by atoms with van der Waals surface area (Å²) in [6.45, 7) is 7.14. The van der Waals surface area contributed by atoms with E-state index in [-0.39, 0.29) is 5.75 Å². The van der Waals surface area contributed by atoms with Gasteiger partial charge < -0.3 is 24.1 Å². The standard InChI is InChI=1S/C13H16O5S/c1-12(2)15-7-6(14)8-10(18-13(3,4)16-8)11(19-5)9(7)17-12/h14H,1-5H3. The zero-order valence-corrected chi connectivity index (χ0v) is 12.3. The van der Waals surface area contributed by atoms with Gasteiger partial charge in [0.1, 0.15) is 0 Å². The molecule has 2 heterocycles. The number of thioether (sulfide) groups is 1. The van der Waals surface area contributed by atoms with Gasteiger partial charge >= 0.3 is 0 Å². The third kappa shape index (κ3) is 1.77. The van der Waals surface area contributed by atoms with E-state index in [0.29, 0.717) is 23.0 Å². The maximum atomic E-state index is 10.3. The van der Waals surface area contributed by atoms with Crippen LogP contribution in [0.4, 0.5) is 0 Å². The minimum Gasteiger partial charge on any atom is -0.501 e. The van der Waals surface area contributed by atoms with E-state index in [9.17, 15) is 5.11 Å². The lowest BCUT2D eigenvalue weighted by molar-refractivity contribution is -0.0516. The molecular formula is C13H16O5S. The fourth-order valence-electron chi connectivity index (χ4n) is 2.21. The molecule has 1 aromatic rings. The molecule has 6 heteroatoms. The third-order valence-electron chi connectivity index (χ3n) is 2.85. The molecule has 2 aliphatic heterocycles. The summed E-state index contributed by atoms with van der Waals surface area (Å²) in [7, 11) is 0. The van der Waals surface area contributed by atoms with Gasteiger partial charge in [-0.25, -0.2) is 0 Å². The van der Waals surface area contributed by atoms with Crippen molar-refractivity contribution < 1.29 is 24.1 Å². The molecular weight excluding hydrogens is 268 g/mol. The van der Waals surface area contributed by atoms with Crippen molar-refractivity contribution in [2.75, 3.05) is 6.26 Å². The molecule has 0 bridgehead atoms. The summed E-state index contributed by atoms with van der Waals surface area (Å²) >= 11 is 1.47. The Kier molecular flexibility index (Phi) is 2.36. The average Bonchev–Trinajstić information content (AvgIpc) is 2.76. The first-order chi connectivity index (χ1) is 8.74. The lowest BCUT2D eigenvalue weighted by atomic mass is 10.2. The van der Waals surface area contributed by atoms with Crippen LogP contribution in [0.2, 0.25) is 0 Å². The molecule has 1 N–H and O–H groups in total. The summed E-state index contributed by atoms with van der Waals surface area (Å²) < 4.78 is 22.8. The van der Waals surface area contributed by atoms with E-state index in [1.807, 2.05) is 6.26 Å². The van der Waals surface area contributed by atoms with Gasteiger partial charge in [0, 0.05) is 27.7 Å². The molecule has 0 fully saturated rings. The summed E-state index contributed by atoms with van der Waals surface area (Å²) in [5, 5.41) is 10.3. The summed E-state index contributed by atoms with van der Waals surface area (Å²) in [6, 6.07) is 0. The van der Waals surface area contributed by atoms with Crippen LogP contribution in [0.3, 0.4) is 0 Å². The zero-order valence-electron chi connectivity index (χ0n) is 11.5. The van der Waals surface area contributed by atoms with Gasteiger partial charge in [0.25, 0.3) is 0 Å². The molecule has 0 radical (unpaired) electrons. The van der Waals surface area contributed by atoms with Crippen molar-refractivity contribution in [3.63, 3.8) is 0 Å². The van der Waals surface area contributed by atoms with Crippen molar-refractivity contribution in [1.82, 2.24) is 0 Å². The maximum absolute atomic E-state index is 10.3. The van der Waals surface area contributed by atoms with Gasteiger partial charge in [0.2, 0.25) is 28.8 Å². The van der Waals surface area contributed by atoms with Crippen LogP contribution in [0.5, 0.6) is 28.7 Å². The number of benzene rings is 1. The molecule has 0 spiro atoms. The van der Waals surface area contributed by atoms with E-state index in [2.05, 4.69) is 0 Å². The Morgan fingerprint density at radius 2 is 1.16 bits per heavy atom. The van der Waals surface area contributed by atoms with E-state index >= 15 is 0 Å². The summed E-state index contributed by atoms with van der Waals surface area (Å²) in [5.41, 5.74) is 0. The fourth-order valence-corrected chi connectivity index (χ4v) is 2.85. The van der Waals surface area contributed by atoms with Crippen LogP contribution in [0.25, 0.3) is 0 Å². The number of phenols is 1. The topological polar surface area (TPSA) is 57.2 Å². The second-order valence-corrected chi connectivity index (χ2v) is 6.22. The van der Waals surface area contributed by atoms with Crippen LogP contribution in [0.15, 0.2) is 4.90 Å². The van der Waals surface area contributed by atoms with Crippen molar-refractivity contribution in [3.8, 4) is 28.7 Å². The lowest BCUT2D eigenvalue weighted by Crippen LogP contribution is -2.30. The Morgan fingerprint density at radius 1 is 0.789 bits per heavy atom. The molecule has 0 saturated heterocycles. The number of ether oxygens (including phenoxy) is 4. The van der Waals surface area contributed by atoms with E-state index in [1.54, 1.807) is 27.7 Å². The number of aromatic hydroxyl groups is 1. The molecule has 0 unspecified atom stereocenters. The summed E-state index contributed by atoms with van der Waals surface area (Å²) in [5.74, 6) is -0.0445. The first kappa shape index (κ1) is 12.6. The molecule has 0 aliphatic carbocycles. The molecule has 0 aromatic heterocycles. The van der Waals surface area contributed by atoms with Crippen LogP contribution >= 0.6 is 11.8 Å². The normalized spacial score (nSPS) is 20.7. The van der Waals surface area contributed by atoms with E-state index in [0.717, 1.165) is 4.90 Å². The van der Waals surface area contributed by atoms with Gasteiger partial charge in [-0.1, -0.05) is 0 Å². The molecule has 0 atom stereocenters. The number of rotatable bonds is 1. The van der Waals surface area contributed by atoms with Crippen molar-refractivity contribution in [2.24, 2.45) is 0 Å². The van der Waals surface area contributed by atoms with E-state index in [1.165, 1.54) is 11.8 Å². The Morgan fingerprint density at radius 3 is 1.53 bits per heavy atom. The predicted molar refractivity (Wildman–Crippen MR) is 70.6 cm³/mol. The van der Waals surface area contributed by atoms with Gasteiger partial charge in [-0.2, -0.15) is 0 Å². The number of fused-ring (bicyclic) bond motifs is 2. The highest BCUT2D eigenvalue weighted by molar-refractivity contribution is 7.98. The van der Waals surface area contributed by atoms with E-state index in [4.69, 9.17) is 18.9 Å².